The van der Waals surface area contributed by atoms with Crippen molar-refractivity contribution in [1.29, 1.82) is 0 Å². The summed E-state index contributed by atoms with van der Waals surface area (Å²) in [5.41, 5.74) is 5.65. The van der Waals surface area contributed by atoms with Crippen LogP contribution in [-0.4, -0.2) is 6.04 Å². The van der Waals surface area contributed by atoms with Crippen molar-refractivity contribution < 1.29 is 0 Å². The maximum Gasteiger partial charge on any atom is 0.00414 e. The Bertz CT molecular complexity index is 66.8. The number of hydrogen-bond acceptors (Lipinski definition) is 1. The van der Waals surface area contributed by atoms with Crippen LogP contribution in [0, 0.1) is 12.8 Å². The summed E-state index contributed by atoms with van der Waals surface area (Å²) in [6, 6.07) is 0.377. The standard InChI is InChI=1S/C7H14N/c1-2-7(8)5-6-3-4-6/h6-7H,1-5,8H2. The van der Waals surface area contributed by atoms with E-state index in [4.69, 9.17) is 5.73 Å². The highest BCUT2D eigenvalue weighted by Crippen LogP contribution is 2.33. The Labute approximate surface area is 51.3 Å². The van der Waals surface area contributed by atoms with Gasteiger partial charge in [0.25, 0.3) is 0 Å². The Kier molecular flexibility index (Phi) is 1.90. The molecule has 1 aliphatic rings. The molecule has 1 nitrogen and oxygen atoms in total. The second-order valence-electron chi connectivity index (χ2n) is 2.73. The van der Waals surface area contributed by atoms with E-state index in [0.29, 0.717) is 6.04 Å². The Morgan fingerprint density at radius 1 is 1.62 bits per heavy atom. The lowest BCUT2D eigenvalue weighted by Crippen LogP contribution is -2.18. The fourth-order valence-electron chi connectivity index (χ4n) is 0.900. The van der Waals surface area contributed by atoms with E-state index in [0.717, 1.165) is 12.3 Å². The van der Waals surface area contributed by atoms with Crippen LogP contribution in [0.4, 0.5) is 0 Å². The molecule has 0 amide bonds. The summed E-state index contributed by atoms with van der Waals surface area (Å²) in [7, 11) is 0. The molecule has 0 saturated heterocycles. The minimum Gasteiger partial charge on any atom is -0.328 e. The van der Waals surface area contributed by atoms with E-state index in [9.17, 15) is 0 Å². The number of rotatable bonds is 3. The minimum atomic E-state index is 0.377. The van der Waals surface area contributed by atoms with Crippen LogP contribution in [-0.2, 0) is 0 Å². The third-order valence-corrected chi connectivity index (χ3v) is 1.70. The molecule has 2 N–H and O–H groups in total. The molecule has 0 aromatic heterocycles. The summed E-state index contributed by atoms with van der Waals surface area (Å²) in [5.74, 6) is 0.965. The van der Waals surface area contributed by atoms with Gasteiger partial charge in [-0.05, 0) is 18.8 Å². The molecule has 1 aliphatic carbocycles. The van der Waals surface area contributed by atoms with Gasteiger partial charge < -0.3 is 5.73 Å². The molecule has 1 heteroatoms. The van der Waals surface area contributed by atoms with Crippen LogP contribution in [0.1, 0.15) is 25.7 Å². The van der Waals surface area contributed by atoms with Gasteiger partial charge in [0.2, 0.25) is 0 Å². The largest absolute Gasteiger partial charge is 0.328 e. The molecule has 0 spiro atoms. The molecule has 1 rings (SSSR count). The fourth-order valence-corrected chi connectivity index (χ4v) is 0.900. The second-order valence-corrected chi connectivity index (χ2v) is 2.73. The van der Waals surface area contributed by atoms with Crippen molar-refractivity contribution in [1.82, 2.24) is 0 Å². The lowest BCUT2D eigenvalue weighted by molar-refractivity contribution is 0.573. The lowest BCUT2D eigenvalue weighted by Gasteiger charge is -2.04. The summed E-state index contributed by atoms with van der Waals surface area (Å²) < 4.78 is 0. The highest BCUT2D eigenvalue weighted by atomic mass is 14.6. The third kappa shape index (κ3) is 1.83. The van der Waals surface area contributed by atoms with E-state index < -0.39 is 0 Å². The van der Waals surface area contributed by atoms with Gasteiger partial charge in [0.05, 0.1) is 0 Å². The zero-order chi connectivity index (χ0) is 5.98. The van der Waals surface area contributed by atoms with Crippen LogP contribution in [0.5, 0.6) is 0 Å². The Morgan fingerprint density at radius 3 is 2.62 bits per heavy atom. The normalized spacial score (nSPS) is 23.2. The van der Waals surface area contributed by atoms with Crippen LogP contribution in [0.2, 0.25) is 0 Å². The van der Waals surface area contributed by atoms with Crippen molar-refractivity contribution in [3.63, 3.8) is 0 Å². The molecule has 1 atom stereocenters. The van der Waals surface area contributed by atoms with Crippen molar-refractivity contribution in [2.45, 2.75) is 31.7 Å². The van der Waals surface area contributed by atoms with Crippen molar-refractivity contribution >= 4 is 0 Å². The van der Waals surface area contributed by atoms with Gasteiger partial charge in [0.1, 0.15) is 0 Å². The van der Waals surface area contributed by atoms with Crippen LogP contribution in [0.3, 0.4) is 0 Å². The highest BCUT2D eigenvalue weighted by Gasteiger charge is 2.22. The highest BCUT2D eigenvalue weighted by molar-refractivity contribution is 4.78. The quantitative estimate of drug-likeness (QED) is 0.585. The first-order valence-corrected chi connectivity index (χ1v) is 3.37. The van der Waals surface area contributed by atoms with Gasteiger partial charge in [0, 0.05) is 6.04 Å². The molecule has 0 heterocycles. The predicted octanol–water partition coefficient (Wildman–Crippen LogP) is 1.34. The molecule has 1 unspecified atom stereocenters. The molecule has 8 heavy (non-hydrogen) atoms. The van der Waals surface area contributed by atoms with Gasteiger partial charge >= 0.3 is 0 Å². The third-order valence-electron chi connectivity index (χ3n) is 1.70. The first-order valence-electron chi connectivity index (χ1n) is 3.37. The zero-order valence-electron chi connectivity index (χ0n) is 5.27. The van der Waals surface area contributed by atoms with E-state index in [2.05, 4.69) is 6.92 Å². The SMILES string of the molecule is [CH2]CC(N)CC1CC1. The van der Waals surface area contributed by atoms with Gasteiger partial charge in [0.15, 0.2) is 0 Å². The number of nitrogens with two attached hydrogens (primary N) is 1. The van der Waals surface area contributed by atoms with Crippen molar-refractivity contribution in [3.05, 3.63) is 6.92 Å². The van der Waals surface area contributed by atoms with Gasteiger partial charge in [-0.3, -0.25) is 0 Å². The molecule has 0 aromatic rings. The maximum atomic E-state index is 5.65. The summed E-state index contributed by atoms with van der Waals surface area (Å²) in [5, 5.41) is 0. The first-order chi connectivity index (χ1) is 3.83. The summed E-state index contributed by atoms with van der Waals surface area (Å²) in [6.07, 6.45) is 4.93. The molecule has 1 saturated carbocycles. The van der Waals surface area contributed by atoms with Crippen molar-refractivity contribution in [2.75, 3.05) is 0 Å². The van der Waals surface area contributed by atoms with E-state index in [1.807, 2.05) is 0 Å². The molecule has 47 valence electrons. The van der Waals surface area contributed by atoms with E-state index >= 15 is 0 Å². The molecule has 1 fully saturated rings. The molecular weight excluding hydrogens is 98.1 g/mol. The Morgan fingerprint density at radius 2 is 2.25 bits per heavy atom. The Hall–Kier alpha value is -0.0400. The molecule has 1 radical (unpaired) electrons. The zero-order valence-corrected chi connectivity index (χ0v) is 5.27. The molecule has 0 aromatic carbocycles. The van der Waals surface area contributed by atoms with E-state index in [1.165, 1.54) is 19.3 Å². The van der Waals surface area contributed by atoms with Gasteiger partial charge in [-0.15, -0.1) is 0 Å². The van der Waals surface area contributed by atoms with E-state index in [-0.39, 0.29) is 0 Å². The fraction of sp³-hybridized carbons (Fsp3) is 0.857. The number of hydrogen-bond donors (Lipinski definition) is 1. The summed E-state index contributed by atoms with van der Waals surface area (Å²) >= 11 is 0. The van der Waals surface area contributed by atoms with Crippen molar-refractivity contribution in [2.24, 2.45) is 11.7 Å². The van der Waals surface area contributed by atoms with Crippen molar-refractivity contribution in [3.8, 4) is 0 Å². The molecular formula is C7H14N. The van der Waals surface area contributed by atoms with Gasteiger partial charge in [-0.1, -0.05) is 19.8 Å². The van der Waals surface area contributed by atoms with Crippen LogP contribution < -0.4 is 5.73 Å². The van der Waals surface area contributed by atoms with Crippen LogP contribution >= 0.6 is 0 Å². The summed E-state index contributed by atoms with van der Waals surface area (Å²) in [4.78, 5) is 0. The Balaban J connectivity index is 1.98. The second kappa shape index (κ2) is 2.49. The minimum absolute atomic E-state index is 0.377. The molecule has 0 aliphatic heterocycles. The monoisotopic (exact) mass is 112 g/mol. The van der Waals surface area contributed by atoms with Crippen LogP contribution in [0.25, 0.3) is 0 Å². The van der Waals surface area contributed by atoms with Gasteiger partial charge in [-0.25, -0.2) is 0 Å². The molecule has 0 bridgehead atoms. The van der Waals surface area contributed by atoms with E-state index in [1.54, 1.807) is 0 Å². The smallest absolute Gasteiger partial charge is 0.00414 e. The average Bonchev–Trinajstić information content (AvgIpc) is 2.50. The van der Waals surface area contributed by atoms with Crippen LogP contribution in [0.15, 0.2) is 0 Å². The predicted molar refractivity (Wildman–Crippen MR) is 35.3 cm³/mol. The first kappa shape index (κ1) is 6.09. The topological polar surface area (TPSA) is 26.0 Å². The summed E-state index contributed by atoms with van der Waals surface area (Å²) in [6.45, 7) is 3.74. The van der Waals surface area contributed by atoms with Gasteiger partial charge in [-0.2, -0.15) is 0 Å². The average molecular weight is 112 g/mol. The maximum absolute atomic E-state index is 5.65. The lowest BCUT2D eigenvalue weighted by atomic mass is 10.1.